The van der Waals surface area contributed by atoms with E-state index in [9.17, 15) is 5.11 Å². The Kier molecular flexibility index (Phi) is 4.61. The van der Waals surface area contributed by atoms with E-state index in [-0.39, 0.29) is 21.8 Å². The van der Waals surface area contributed by atoms with Crippen LogP contribution in [0, 0.1) is 0 Å². The highest BCUT2D eigenvalue weighted by Crippen LogP contribution is 2.35. The Hall–Kier alpha value is -0.900. The van der Waals surface area contributed by atoms with Gasteiger partial charge in [-0.3, -0.25) is 0 Å². The molecular formula is C14H12BrCl2NO. The van der Waals surface area contributed by atoms with Gasteiger partial charge in [0.15, 0.2) is 5.75 Å². The van der Waals surface area contributed by atoms with Crippen molar-refractivity contribution in [3.8, 4) is 5.75 Å². The normalized spacial score (nSPS) is 12.2. The molecule has 0 spiro atoms. The van der Waals surface area contributed by atoms with Crippen LogP contribution in [0.1, 0.15) is 18.5 Å². The molecule has 0 radical (unpaired) electrons. The van der Waals surface area contributed by atoms with Crippen molar-refractivity contribution in [1.82, 2.24) is 0 Å². The summed E-state index contributed by atoms with van der Waals surface area (Å²) in [6, 6.07) is 11.4. The van der Waals surface area contributed by atoms with Crippen LogP contribution >= 0.6 is 39.1 Å². The zero-order valence-corrected chi connectivity index (χ0v) is 13.2. The molecule has 0 saturated heterocycles. The summed E-state index contributed by atoms with van der Waals surface area (Å²) in [7, 11) is 0. The van der Waals surface area contributed by atoms with E-state index in [1.54, 1.807) is 12.1 Å². The van der Waals surface area contributed by atoms with E-state index in [1.165, 1.54) is 0 Å². The molecule has 1 unspecified atom stereocenters. The van der Waals surface area contributed by atoms with Crippen molar-refractivity contribution in [3.63, 3.8) is 0 Å². The average molecular weight is 361 g/mol. The maximum absolute atomic E-state index is 9.52. The molecule has 0 heterocycles. The van der Waals surface area contributed by atoms with Gasteiger partial charge in [-0.25, -0.2) is 0 Å². The SMILES string of the molecule is CC(Nc1cc(Cl)c(O)c(Cl)c1)c1cccc(Br)c1. The van der Waals surface area contributed by atoms with E-state index >= 15 is 0 Å². The maximum Gasteiger partial charge on any atom is 0.152 e. The number of hydrogen-bond acceptors (Lipinski definition) is 2. The largest absolute Gasteiger partial charge is 0.505 e. The highest BCUT2D eigenvalue weighted by atomic mass is 79.9. The fraction of sp³-hybridized carbons (Fsp3) is 0.143. The molecule has 0 saturated carbocycles. The summed E-state index contributed by atoms with van der Waals surface area (Å²) >= 11 is 15.2. The van der Waals surface area contributed by atoms with Crippen molar-refractivity contribution in [2.45, 2.75) is 13.0 Å². The number of halogens is 3. The van der Waals surface area contributed by atoms with Gasteiger partial charge in [-0.05, 0) is 36.8 Å². The molecule has 2 aromatic rings. The first-order valence-electron chi connectivity index (χ1n) is 5.67. The van der Waals surface area contributed by atoms with Gasteiger partial charge in [-0.1, -0.05) is 51.3 Å². The number of nitrogens with one attached hydrogen (secondary N) is 1. The first-order valence-corrected chi connectivity index (χ1v) is 7.22. The molecule has 0 aliphatic rings. The van der Waals surface area contributed by atoms with Crippen molar-refractivity contribution >= 4 is 44.8 Å². The Bertz CT molecular complexity index is 581. The Labute approximate surface area is 130 Å². The Morgan fingerprint density at radius 3 is 2.37 bits per heavy atom. The third kappa shape index (κ3) is 3.56. The number of phenols is 1. The van der Waals surface area contributed by atoms with Gasteiger partial charge < -0.3 is 10.4 Å². The van der Waals surface area contributed by atoms with Gasteiger partial charge in [-0.2, -0.15) is 0 Å². The van der Waals surface area contributed by atoms with Crippen molar-refractivity contribution < 1.29 is 5.11 Å². The predicted molar refractivity (Wildman–Crippen MR) is 84.3 cm³/mol. The van der Waals surface area contributed by atoms with E-state index < -0.39 is 0 Å². The van der Waals surface area contributed by atoms with Crippen molar-refractivity contribution in [2.75, 3.05) is 5.32 Å². The van der Waals surface area contributed by atoms with Gasteiger partial charge in [0.1, 0.15) is 0 Å². The summed E-state index contributed by atoms with van der Waals surface area (Å²) < 4.78 is 1.03. The molecule has 1 atom stereocenters. The topological polar surface area (TPSA) is 32.3 Å². The summed E-state index contributed by atoms with van der Waals surface area (Å²) in [5.41, 5.74) is 1.90. The molecule has 0 fully saturated rings. The second kappa shape index (κ2) is 6.04. The molecule has 2 rings (SSSR count). The first-order chi connectivity index (χ1) is 8.97. The lowest BCUT2D eigenvalue weighted by atomic mass is 10.1. The van der Waals surface area contributed by atoms with Crippen LogP contribution in [0.2, 0.25) is 10.0 Å². The molecule has 0 amide bonds. The van der Waals surface area contributed by atoms with Crippen LogP contribution in [0.5, 0.6) is 5.75 Å². The van der Waals surface area contributed by atoms with Gasteiger partial charge in [0, 0.05) is 16.2 Å². The average Bonchev–Trinajstić information content (AvgIpc) is 2.36. The number of benzene rings is 2. The molecule has 0 bridgehead atoms. The molecule has 0 aromatic heterocycles. The third-order valence-electron chi connectivity index (χ3n) is 2.75. The summed E-state index contributed by atoms with van der Waals surface area (Å²) in [6.45, 7) is 2.04. The minimum absolute atomic E-state index is 0.0918. The molecule has 5 heteroatoms. The zero-order chi connectivity index (χ0) is 14.0. The number of anilines is 1. The number of phenolic OH excluding ortho intramolecular Hbond substituents is 1. The van der Waals surface area contributed by atoms with E-state index in [1.807, 2.05) is 31.2 Å². The lowest BCUT2D eigenvalue weighted by molar-refractivity contribution is 0.476. The molecule has 2 nitrogen and oxygen atoms in total. The Morgan fingerprint density at radius 1 is 1.16 bits per heavy atom. The molecule has 2 aromatic carbocycles. The monoisotopic (exact) mass is 359 g/mol. The fourth-order valence-corrected chi connectivity index (χ4v) is 2.66. The lowest BCUT2D eigenvalue weighted by Crippen LogP contribution is -2.06. The summed E-state index contributed by atoms with van der Waals surface area (Å²) in [6.07, 6.45) is 0. The molecule has 0 aliphatic carbocycles. The van der Waals surface area contributed by atoms with Crippen LogP contribution in [-0.2, 0) is 0 Å². The Morgan fingerprint density at radius 2 is 1.79 bits per heavy atom. The van der Waals surface area contributed by atoms with Gasteiger partial charge in [-0.15, -0.1) is 0 Å². The van der Waals surface area contributed by atoms with E-state index in [0.717, 1.165) is 15.7 Å². The van der Waals surface area contributed by atoms with Crippen LogP contribution in [0.15, 0.2) is 40.9 Å². The second-order valence-corrected chi connectivity index (χ2v) is 5.94. The van der Waals surface area contributed by atoms with Gasteiger partial charge in [0.05, 0.1) is 10.0 Å². The quantitative estimate of drug-likeness (QED) is 0.694. The highest BCUT2D eigenvalue weighted by Gasteiger charge is 2.10. The summed E-state index contributed by atoms with van der Waals surface area (Å²) in [5, 5.41) is 13.3. The highest BCUT2D eigenvalue weighted by molar-refractivity contribution is 9.10. The standard InChI is InChI=1S/C14H12BrCl2NO/c1-8(9-3-2-4-10(15)5-9)18-11-6-12(16)14(19)13(17)7-11/h2-8,18-19H,1H3. The van der Waals surface area contributed by atoms with Crippen LogP contribution in [0.25, 0.3) is 0 Å². The van der Waals surface area contributed by atoms with Gasteiger partial charge in [0.25, 0.3) is 0 Å². The lowest BCUT2D eigenvalue weighted by Gasteiger charge is -2.17. The molecule has 2 N–H and O–H groups in total. The van der Waals surface area contributed by atoms with E-state index in [4.69, 9.17) is 23.2 Å². The van der Waals surface area contributed by atoms with Gasteiger partial charge >= 0.3 is 0 Å². The van der Waals surface area contributed by atoms with E-state index in [2.05, 4.69) is 21.2 Å². The third-order valence-corrected chi connectivity index (χ3v) is 3.82. The van der Waals surface area contributed by atoms with Gasteiger partial charge in [0.2, 0.25) is 0 Å². The van der Waals surface area contributed by atoms with Crippen LogP contribution < -0.4 is 5.32 Å². The van der Waals surface area contributed by atoms with Crippen molar-refractivity contribution in [2.24, 2.45) is 0 Å². The number of hydrogen-bond donors (Lipinski definition) is 2. The summed E-state index contributed by atoms with van der Waals surface area (Å²) in [4.78, 5) is 0. The minimum atomic E-state index is -0.0935. The molecular weight excluding hydrogens is 349 g/mol. The smallest absolute Gasteiger partial charge is 0.152 e. The summed E-state index contributed by atoms with van der Waals surface area (Å²) in [5.74, 6) is -0.0935. The van der Waals surface area contributed by atoms with Crippen LogP contribution in [-0.4, -0.2) is 5.11 Å². The Balaban J connectivity index is 2.21. The van der Waals surface area contributed by atoms with E-state index in [0.29, 0.717) is 0 Å². The van der Waals surface area contributed by atoms with Crippen molar-refractivity contribution in [1.29, 1.82) is 0 Å². The minimum Gasteiger partial charge on any atom is -0.505 e. The van der Waals surface area contributed by atoms with Crippen LogP contribution in [0.3, 0.4) is 0 Å². The molecule has 19 heavy (non-hydrogen) atoms. The molecule has 100 valence electrons. The zero-order valence-electron chi connectivity index (χ0n) is 10.1. The fourth-order valence-electron chi connectivity index (χ4n) is 1.76. The molecule has 0 aliphatic heterocycles. The predicted octanol–water partition coefficient (Wildman–Crippen LogP) is 5.63. The number of rotatable bonds is 3. The van der Waals surface area contributed by atoms with Crippen molar-refractivity contribution in [3.05, 3.63) is 56.5 Å². The number of aromatic hydroxyl groups is 1. The van der Waals surface area contributed by atoms with Crippen LogP contribution in [0.4, 0.5) is 5.69 Å². The second-order valence-electron chi connectivity index (χ2n) is 4.21. The first kappa shape index (κ1) is 14.5. The maximum atomic E-state index is 9.52.